The Hall–Kier alpha value is -4.35. The van der Waals surface area contributed by atoms with Gasteiger partial charge in [-0.25, -0.2) is 15.0 Å². The number of imidazole rings is 1. The molecule has 0 saturated carbocycles. The highest BCUT2D eigenvalue weighted by molar-refractivity contribution is 6.30. The predicted octanol–water partition coefficient (Wildman–Crippen LogP) is 3.83. The maximum Gasteiger partial charge on any atom is 0.322 e. The van der Waals surface area contributed by atoms with Gasteiger partial charge in [-0.3, -0.25) is 14.8 Å². The van der Waals surface area contributed by atoms with Crippen molar-refractivity contribution in [1.29, 1.82) is 0 Å². The number of aromatic nitrogens is 6. The summed E-state index contributed by atoms with van der Waals surface area (Å²) >= 11 is 5.87. The van der Waals surface area contributed by atoms with Gasteiger partial charge in [-0.05, 0) is 26.0 Å². The van der Waals surface area contributed by atoms with Crippen LogP contribution in [0.25, 0.3) is 16.7 Å². The smallest absolute Gasteiger partial charge is 0.322 e. The number of fused-ring (bicyclic) bond motifs is 2. The Labute approximate surface area is 210 Å². The Morgan fingerprint density at radius 3 is 2.64 bits per heavy atom. The van der Waals surface area contributed by atoms with Crippen molar-refractivity contribution >= 4 is 45.6 Å². The van der Waals surface area contributed by atoms with Crippen LogP contribution in [-0.2, 0) is 0 Å². The first kappa shape index (κ1) is 23.4. The van der Waals surface area contributed by atoms with Crippen LogP contribution >= 0.6 is 11.6 Å². The highest BCUT2D eigenvalue weighted by Gasteiger charge is 2.17. The van der Waals surface area contributed by atoms with E-state index < -0.39 is 0 Å². The monoisotopic (exact) mass is 503 g/mol. The van der Waals surface area contributed by atoms with Crippen molar-refractivity contribution in [3.63, 3.8) is 0 Å². The molecule has 0 saturated heterocycles. The molecule has 0 aliphatic heterocycles. The highest BCUT2D eigenvalue weighted by atomic mass is 35.5. The zero-order valence-corrected chi connectivity index (χ0v) is 20.2. The second kappa shape index (κ2) is 9.72. The Balaban J connectivity index is 1.48. The third kappa shape index (κ3) is 4.88. The number of hydrogen-bond acceptors (Lipinski definition) is 9. The van der Waals surface area contributed by atoms with Gasteiger partial charge in [0.1, 0.15) is 11.0 Å². The lowest BCUT2D eigenvalue weighted by Gasteiger charge is -2.14. The first-order valence-electron chi connectivity index (χ1n) is 11.1. The Bertz CT molecular complexity index is 1570. The minimum Gasteiger partial charge on any atom is -0.420 e. The number of pyridine rings is 1. The van der Waals surface area contributed by atoms with Gasteiger partial charge in [0, 0.05) is 43.4 Å². The molecular weight excluding hydrogens is 482 g/mol. The number of carbonyl (C=O) groups excluding carboxylic acids is 1. The van der Waals surface area contributed by atoms with Crippen LogP contribution in [0, 0.1) is 6.92 Å². The average Bonchev–Trinajstić information content (AvgIpc) is 3.24. The van der Waals surface area contributed by atoms with Gasteiger partial charge in [-0.15, -0.1) is 0 Å². The van der Waals surface area contributed by atoms with Crippen molar-refractivity contribution in [3.8, 4) is 11.8 Å². The summed E-state index contributed by atoms with van der Waals surface area (Å²) in [6, 6.07) is 5.21. The summed E-state index contributed by atoms with van der Waals surface area (Å²) in [5.41, 5.74) is 9.83. The molecule has 36 heavy (non-hydrogen) atoms. The first-order valence-corrected chi connectivity index (χ1v) is 11.4. The van der Waals surface area contributed by atoms with Crippen molar-refractivity contribution in [2.75, 3.05) is 17.2 Å². The number of halogens is 1. The predicted molar refractivity (Wildman–Crippen MR) is 137 cm³/mol. The summed E-state index contributed by atoms with van der Waals surface area (Å²) in [7, 11) is 0. The molecule has 182 valence electrons. The van der Waals surface area contributed by atoms with Crippen LogP contribution in [0.15, 0.2) is 55.4 Å². The molecule has 0 aliphatic rings. The van der Waals surface area contributed by atoms with Gasteiger partial charge in [-0.1, -0.05) is 11.6 Å². The molecule has 5 aromatic rings. The molecule has 1 aromatic carbocycles. The third-order valence-corrected chi connectivity index (χ3v) is 5.37. The van der Waals surface area contributed by atoms with Gasteiger partial charge in [-0.2, -0.15) is 0 Å². The van der Waals surface area contributed by atoms with Crippen LogP contribution in [0.4, 0.5) is 11.4 Å². The molecule has 11 nitrogen and oxygen atoms in total. The number of rotatable bonds is 7. The van der Waals surface area contributed by atoms with E-state index in [1.807, 2.05) is 20.0 Å². The molecule has 0 spiro atoms. The molecule has 4 N–H and O–H groups in total. The quantitative estimate of drug-likeness (QED) is 0.301. The number of benzene rings is 1. The fraction of sp³-hybridized carbons (Fsp3) is 0.167. The molecule has 0 aliphatic carbocycles. The number of nitrogens with one attached hydrogen (secondary N) is 2. The van der Waals surface area contributed by atoms with Gasteiger partial charge < -0.3 is 25.5 Å². The molecule has 12 heteroatoms. The molecule has 4 aromatic heterocycles. The molecule has 0 radical (unpaired) electrons. The van der Waals surface area contributed by atoms with Crippen molar-refractivity contribution in [2.45, 2.75) is 19.9 Å². The molecule has 4 heterocycles. The van der Waals surface area contributed by atoms with Gasteiger partial charge in [0.05, 0.1) is 40.0 Å². The fourth-order valence-corrected chi connectivity index (χ4v) is 3.73. The lowest BCUT2D eigenvalue weighted by atomic mass is 10.1. The molecule has 1 amide bonds. The molecule has 0 unspecified atom stereocenters. The fourth-order valence-electron chi connectivity index (χ4n) is 3.64. The lowest BCUT2D eigenvalue weighted by Crippen LogP contribution is -2.25. The van der Waals surface area contributed by atoms with Crippen LogP contribution in [0.1, 0.15) is 23.0 Å². The van der Waals surface area contributed by atoms with E-state index in [-0.39, 0.29) is 18.0 Å². The number of ether oxygens (including phenoxy) is 1. The maximum atomic E-state index is 13.3. The number of hydrogen-bond donors (Lipinski definition) is 3. The molecule has 1 atom stereocenters. The van der Waals surface area contributed by atoms with Crippen LogP contribution < -0.4 is 21.1 Å². The second-order valence-electron chi connectivity index (χ2n) is 8.22. The number of amides is 1. The van der Waals surface area contributed by atoms with E-state index in [0.29, 0.717) is 45.2 Å². The Morgan fingerprint density at radius 2 is 1.89 bits per heavy atom. The molecule has 0 bridgehead atoms. The van der Waals surface area contributed by atoms with Crippen molar-refractivity contribution in [3.05, 3.63) is 71.7 Å². The van der Waals surface area contributed by atoms with E-state index in [0.717, 1.165) is 11.4 Å². The second-order valence-corrected chi connectivity index (χ2v) is 8.66. The Kier molecular flexibility index (Phi) is 6.32. The lowest BCUT2D eigenvalue weighted by molar-refractivity contribution is 0.102. The zero-order valence-electron chi connectivity index (χ0n) is 19.4. The van der Waals surface area contributed by atoms with Gasteiger partial charge in [0.25, 0.3) is 5.91 Å². The van der Waals surface area contributed by atoms with Crippen molar-refractivity contribution in [1.82, 2.24) is 29.3 Å². The standard InChI is InChI=1S/C24H22ClN9O2/c1-13(26)8-29-18-4-3-17(20-21(18)28-6-5-27-20)23(35)33-16-7-19(22-32-14(2)11-34(22)12-16)36-24-30-9-15(25)10-31-24/h3-7,9-13,29H,8,26H2,1-2H3,(H,33,35)/t13-/m1/s1. The average molecular weight is 504 g/mol. The summed E-state index contributed by atoms with van der Waals surface area (Å²) in [4.78, 5) is 34.8. The third-order valence-electron chi connectivity index (χ3n) is 5.18. The van der Waals surface area contributed by atoms with E-state index >= 15 is 0 Å². The van der Waals surface area contributed by atoms with Gasteiger partial charge >= 0.3 is 6.01 Å². The SMILES string of the molecule is Cc1cn2cc(NC(=O)c3ccc(NC[C@@H](C)N)c4nccnc34)cc(Oc3ncc(Cl)cn3)c2n1. The minimum atomic E-state index is -0.357. The van der Waals surface area contributed by atoms with Crippen LogP contribution in [0.2, 0.25) is 5.02 Å². The summed E-state index contributed by atoms with van der Waals surface area (Å²) in [6.07, 6.45) is 9.56. The summed E-state index contributed by atoms with van der Waals surface area (Å²) in [5.74, 6) is 0.00690. The largest absolute Gasteiger partial charge is 0.420 e. The van der Waals surface area contributed by atoms with E-state index in [1.165, 1.54) is 12.4 Å². The van der Waals surface area contributed by atoms with Crippen molar-refractivity contribution < 1.29 is 9.53 Å². The molecule has 0 fully saturated rings. The minimum absolute atomic E-state index is 0.0453. The first-order chi connectivity index (χ1) is 17.4. The number of nitrogens with two attached hydrogens (primary N) is 1. The van der Waals surface area contributed by atoms with E-state index in [1.54, 1.807) is 41.2 Å². The topological polar surface area (TPSA) is 145 Å². The van der Waals surface area contributed by atoms with E-state index in [4.69, 9.17) is 22.1 Å². The maximum absolute atomic E-state index is 13.3. The summed E-state index contributed by atoms with van der Waals surface area (Å²) in [6.45, 7) is 4.32. The molecule has 5 rings (SSSR count). The van der Waals surface area contributed by atoms with Gasteiger partial charge in [0.2, 0.25) is 0 Å². The summed E-state index contributed by atoms with van der Waals surface area (Å²) in [5, 5.41) is 6.56. The molecular formula is C24H22ClN9O2. The van der Waals surface area contributed by atoms with Crippen molar-refractivity contribution in [2.24, 2.45) is 5.73 Å². The van der Waals surface area contributed by atoms with Crippen LogP contribution in [-0.4, -0.2) is 47.8 Å². The van der Waals surface area contributed by atoms with E-state index in [9.17, 15) is 4.79 Å². The van der Waals surface area contributed by atoms with Crippen LogP contribution in [0.3, 0.4) is 0 Å². The number of anilines is 2. The number of nitrogens with zero attached hydrogens (tertiary/aromatic N) is 6. The highest BCUT2D eigenvalue weighted by Crippen LogP contribution is 2.29. The zero-order chi connectivity index (χ0) is 25.2. The van der Waals surface area contributed by atoms with Crippen LogP contribution in [0.5, 0.6) is 11.8 Å². The normalized spacial score (nSPS) is 12.0. The van der Waals surface area contributed by atoms with Gasteiger partial charge in [0.15, 0.2) is 11.4 Å². The summed E-state index contributed by atoms with van der Waals surface area (Å²) < 4.78 is 7.62. The Morgan fingerprint density at radius 1 is 1.14 bits per heavy atom. The number of carbonyl (C=O) groups is 1. The number of aryl methyl sites for hydroxylation is 1. The van der Waals surface area contributed by atoms with E-state index in [2.05, 4.69) is 35.6 Å².